The van der Waals surface area contributed by atoms with E-state index in [2.05, 4.69) is 21.7 Å². The van der Waals surface area contributed by atoms with E-state index < -0.39 is 0 Å². The molecular weight excluding hydrogens is 414 g/mol. The minimum atomic E-state index is -0.261. The van der Waals surface area contributed by atoms with Crippen molar-refractivity contribution in [1.82, 2.24) is 20.1 Å². The fraction of sp³-hybridized carbons (Fsp3) is 0.435. The molecule has 1 aromatic carbocycles. The van der Waals surface area contributed by atoms with E-state index in [4.69, 9.17) is 0 Å². The van der Waals surface area contributed by atoms with Crippen molar-refractivity contribution < 1.29 is 9.59 Å². The van der Waals surface area contributed by atoms with Crippen LogP contribution in [0.3, 0.4) is 0 Å². The van der Waals surface area contributed by atoms with E-state index in [1.165, 1.54) is 0 Å². The zero-order valence-electron chi connectivity index (χ0n) is 17.8. The molecular formula is C23H30ClN5O2. The van der Waals surface area contributed by atoms with Crippen molar-refractivity contribution in [3.05, 3.63) is 59.9 Å². The van der Waals surface area contributed by atoms with Gasteiger partial charge in [0.25, 0.3) is 0 Å². The lowest BCUT2D eigenvalue weighted by molar-refractivity contribution is -0.141. The number of fused-ring (bicyclic) bond motifs is 1. The summed E-state index contributed by atoms with van der Waals surface area (Å²) in [5.74, 6) is -0.0323. The van der Waals surface area contributed by atoms with E-state index in [0.717, 1.165) is 42.7 Å². The van der Waals surface area contributed by atoms with E-state index in [1.54, 1.807) is 29.2 Å². The van der Waals surface area contributed by atoms with Gasteiger partial charge in [0, 0.05) is 50.2 Å². The second kappa shape index (κ2) is 10.1. The molecule has 0 bridgehead atoms. The molecule has 1 aromatic heterocycles. The lowest BCUT2D eigenvalue weighted by Crippen LogP contribution is -2.53. The maximum absolute atomic E-state index is 13.3. The highest BCUT2D eigenvalue weighted by molar-refractivity contribution is 5.86. The lowest BCUT2D eigenvalue weighted by Gasteiger charge is -2.42. The van der Waals surface area contributed by atoms with Crippen LogP contribution in [0.4, 0.5) is 5.69 Å². The minimum Gasteiger partial charge on any atom is -0.379 e. The smallest absolute Gasteiger partial charge is 0.242 e. The summed E-state index contributed by atoms with van der Waals surface area (Å²) in [4.78, 5) is 33.6. The number of benzene rings is 1. The van der Waals surface area contributed by atoms with Crippen LogP contribution in [-0.2, 0) is 22.7 Å². The zero-order chi connectivity index (χ0) is 21.0. The van der Waals surface area contributed by atoms with Gasteiger partial charge in [-0.05, 0) is 55.3 Å². The first-order valence-corrected chi connectivity index (χ1v) is 10.5. The van der Waals surface area contributed by atoms with Gasteiger partial charge in [-0.15, -0.1) is 12.4 Å². The van der Waals surface area contributed by atoms with Crippen molar-refractivity contribution in [2.75, 3.05) is 32.0 Å². The maximum atomic E-state index is 13.3. The van der Waals surface area contributed by atoms with Crippen LogP contribution in [0.25, 0.3) is 0 Å². The summed E-state index contributed by atoms with van der Waals surface area (Å²) in [7, 11) is 1.78. The third kappa shape index (κ3) is 5.54. The number of para-hydroxylation sites is 1. The van der Waals surface area contributed by atoms with Crippen LogP contribution in [0, 0.1) is 0 Å². The molecule has 7 nitrogen and oxygen atoms in total. The Bertz CT molecular complexity index is 902. The van der Waals surface area contributed by atoms with E-state index in [9.17, 15) is 9.59 Å². The fourth-order valence-electron chi connectivity index (χ4n) is 4.29. The molecule has 2 aromatic rings. The summed E-state index contributed by atoms with van der Waals surface area (Å²) in [6.45, 7) is 2.79. The van der Waals surface area contributed by atoms with Crippen LogP contribution < -0.4 is 10.6 Å². The summed E-state index contributed by atoms with van der Waals surface area (Å²) >= 11 is 0. The Morgan fingerprint density at radius 2 is 1.87 bits per heavy atom. The normalized spacial score (nSPS) is 17.6. The summed E-state index contributed by atoms with van der Waals surface area (Å²) in [6, 6.07) is 11.9. The van der Waals surface area contributed by atoms with E-state index in [-0.39, 0.29) is 36.3 Å². The molecule has 31 heavy (non-hydrogen) atoms. The van der Waals surface area contributed by atoms with Gasteiger partial charge in [0.05, 0.1) is 0 Å². The van der Waals surface area contributed by atoms with Gasteiger partial charge < -0.3 is 20.4 Å². The molecule has 0 atom stereocenters. The molecule has 2 aliphatic rings. The Morgan fingerprint density at radius 1 is 1.16 bits per heavy atom. The molecule has 8 heteroatoms. The monoisotopic (exact) mass is 443 g/mol. The maximum Gasteiger partial charge on any atom is 0.242 e. The number of hydrogen-bond donors (Lipinski definition) is 2. The molecule has 1 saturated heterocycles. The van der Waals surface area contributed by atoms with Crippen molar-refractivity contribution in [2.24, 2.45) is 0 Å². The highest BCUT2D eigenvalue weighted by Gasteiger charge is 2.38. The Morgan fingerprint density at radius 3 is 2.61 bits per heavy atom. The Balaban J connectivity index is 0.00000272. The van der Waals surface area contributed by atoms with Crippen molar-refractivity contribution >= 4 is 29.9 Å². The number of anilines is 1. The first kappa shape index (κ1) is 23.0. The number of rotatable bonds is 4. The summed E-state index contributed by atoms with van der Waals surface area (Å²) in [5, 5.41) is 7.07. The number of halogens is 1. The second-order valence-corrected chi connectivity index (χ2v) is 8.34. The molecule has 2 amide bonds. The SMILES string of the molecule is CN(Cc1ccncc1)C(=O)CN1Cc2ccccc2NC2(CCNCC2)CC1=O.Cl. The van der Waals surface area contributed by atoms with E-state index in [1.807, 2.05) is 30.3 Å². The predicted octanol–water partition coefficient (Wildman–Crippen LogP) is 2.43. The molecule has 2 aliphatic heterocycles. The number of nitrogens with zero attached hydrogens (tertiary/aromatic N) is 3. The summed E-state index contributed by atoms with van der Waals surface area (Å²) in [6.07, 6.45) is 5.62. The number of carbonyl (C=O) groups is 2. The van der Waals surface area contributed by atoms with Gasteiger partial charge in [0.1, 0.15) is 6.54 Å². The Hall–Kier alpha value is -2.64. The standard InChI is InChI=1S/C23H29N5O2.ClH/c1-27(15-18-6-10-24-11-7-18)22(30)17-28-16-19-4-2-3-5-20(19)26-23(14-21(28)29)8-12-25-13-9-23;/h2-7,10-11,25-26H,8-9,12-17H2,1H3;1H. The van der Waals surface area contributed by atoms with Crippen molar-refractivity contribution in [3.63, 3.8) is 0 Å². The van der Waals surface area contributed by atoms with Gasteiger partial charge in [-0.1, -0.05) is 18.2 Å². The third-order valence-electron chi connectivity index (χ3n) is 6.10. The number of carbonyl (C=O) groups excluding carboxylic acids is 2. The number of nitrogens with one attached hydrogen (secondary N) is 2. The molecule has 0 radical (unpaired) electrons. The van der Waals surface area contributed by atoms with Gasteiger partial charge in [-0.25, -0.2) is 0 Å². The number of likely N-dealkylation sites (N-methyl/N-ethyl adjacent to an activating group) is 1. The molecule has 1 fully saturated rings. The van der Waals surface area contributed by atoms with Crippen LogP contribution in [0.2, 0.25) is 0 Å². The highest BCUT2D eigenvalue weighted by atomic mass is 35.5. The first-order chi connectivity index (χ1) is 14.5. The summed E-state index contributed by atoms with van der Waals surface area (Å²) < 4.78 is 0. The first-order valence-electron chi connectivity index (χ1n) is 10.5. The predicted molar refractivity (Wildman–Crippen MR) is 123 cm³/mol. The average molecular weight is 444 g/mol. The quantitative estimate of drug-likeness (QED) is 0.758. The Labute approximate surface area is 189 Å². The van der Waals surface area contributed by atoms with Gasteiger partial charge in [-0.3, -0.25) is 14.6 Å². The number of pyridine rings is 1. The molecule has 1 spiro atoms. The number of piperidine rings is 1. The van der Waals surface area contributed by atoms with Crippen molar-refractivity contribution in [2.45, 2.75) is 37.9 Å². The van der Waals surface area contributed by atoms with Crippen LogP contribution in [0.1, 0.15) is 30.4 Å². The van der Waals surface area contributed by atoms with Crippen LogP contribution >= 0.6 is 12.4 Å². The number of hydrogen-bond acceptors (Lipinski definition) is 5. The highest BCUT2D eigenvalue weighted by Crippen LogP contribution is 2.33. The van der Waals surface area contributed by atoms with E-state index >= 15 is 0 Å². The zero-order valence-corrected chi connectivity index (χ0v) is 18.7. The molecule has 0 saturated carbocycles. The van der Waals surface area contributed by atoms with Crippen molar-refractivity contribution in [3.8, 4) is 0 Å². The molecule has 3 heterocycles. The largest absolute Gasteiger partial charge is 0.379 e. The molecule has 4 rings (SSSR count). The van der Waals surface area contributed by atoms with Gasteiger partial charge in [0.2, 0.25) is 11.8 Å². The number of amides is 2. The van der Waals surface area contributed by atoms with Crippen molar-refractivity contribution in [1.29, 1.82) is 0 Å². The van der Waals surface area contributed by atoms with Crippen LogP contribution in [0.15, 0.2) is 48.8 Å². The van der Waals surface area contributed by atoms with Crippen LogP contribution in [-0.4, -0.2) is 58.8 Å². The Kier molecular flexibility index (Phi) is 7.51. The van der Waals surface area contributed by atoms with Gasteiger partial charge in [-0.2, -0.15) is 0 Å². The third-order valence-corrected chi connectivity index (χ3v) is 6.10. The van der Waals surface area contributed by atoms with Gasteiger partial charge >= 0.3 is 0 Å². The molecule has 0 aliphatic carbocycles. The fourth-order valence-corrected chi connectivity index (χ4v) is 4.29. The average Bonchev–Trinajstić information content (AvgIpc) is 2.75. The molecule has 0 unspecified atom stereocenters. The lowest BCUT2D eigenvalue weighted by atomic mass is 9.83. The summed E-state index contributed by atoms with van der Waals surface area (Å²) in [5.41, 5.74) is 2.87. The van der Waals surface area contributed by atoms with Crippen LogP contribution in [0.5, 0.6) is 0 Å². The molecule has 166 valence electrons. The molecule has 2 N–H and O–H groups in total. The van der Waals surface area contributed by atoms with Gasteiger partial charge in [0.15, 0.2) is 0 Å². The number of aromatic nitrogens is 1. The van der Waals surface area contributed by atoms with E-state index in [0.29, 0.717) is 19.5 Å². The second-order valence-electron chi connectivity index (χ2n) is 8.34. The minimum absolute atomic E-state index is 0. The topological polar surface area (TPSA) is 77.6 Å².